The monoisotopic (exact) mass is 338 g/mol. The molecule has 1 heterocycles. The second-order valence-electron chi connectivity index (χ2n) is 7.60. The van der Waals surface area contributed by atoms with Gasteiger partial charge in [-0.25, -0.2) is 9.97 Å². The van der Waals surface area contributed by atoms with Crippen LogP contribution in [0.3, 0.4) is 0 Å². The smallest absolute Gasteiger partial charge is 0.147 e. The molecule has 2 rings (SSSR count). The van der Waals surface area contributed by atoms with Gasteiger partial charge >= 0.3 is 0 Å². The number of rotatable bonds is 8. The van der Waals surface area contributed by atoms with Gasteiger partial charge in [-0.15, -0.1) is 0 Å². The van der Waals surface area contributed by atoms with Gasteiger partial charge in [0.1, 0.15) is 12.6 Å². The molecule has 1 aliphatic carbocycles. The maximum atomic E-state index is 9.59. The summed E-state index contributed by atoms with van der Waals surface area (Å²) in [5.41, 5.74) is 0.898. The summed E-state index contributed by atoms with van der Waals surface area (Å²) in [5, 5.41) is 9.59. The average molecular weight is 339 g/mol. The van der Waals surface area contributed by atoms with Crippen LogP contribution in [-0.4, -0.2) is 42.7 Å². The molecule has 0 saturated heterocycles. The fraction of sp³-hybridized carbons (Fsp3) is 0.765. The van der Waals surface area contributed by atoms with Gasteiger partial charge in [0.25, 0.3) is 0 Å². The number of aromatic nitrogens is 2. The molecule has 1 fully saturated rings. The van der Waals surface area contributed by atoms with E-state index in [1.165, 1.54) is 0 Å². The summed E-state index contributed by atoms with van der Waals surface area (Å²) in [7, 11) is -1.03. The molecule has 0 bridgehead atoms. The van der Waals surface area contributed by atoms with Crippen LogP contribution in [0.4, 0.5) is 0 Å². The van der Waals surface area contributed by atoms with Crippen LogP contribution < -0.4 is 0 Å². The van der Waals surface area contributed by atoms with Crippen molar-refractivity contribution in [2.45, 2.75) is 70.0 Å². The number of nitrogens with zero attached hydrogens (tertiary/aromatic N) is 2. The van der Waals surface area contributed by atoms with Crippen LogP contribution in [0.25, 0.3) is 0 Å². The van der Waals surface area contributed by atoms with E-state index >= 15 is 0 Å². The second kappa shape index (κ2) is 8.87. The largest absolute Gasteiger partial charge is 0.393 e. The lowest BCUT2D eigenvalue weighted by atomic mass is 9.87. The predicted octanol–water partition coefficient (Wildman–Crippen LogP) is 3.32. The second-order valence-corrected chi connectivity index (χ2v) is 13.2. The van der Waals surface area contributed by atoms with E-state index in [0.717, 1.165) is 49.9 Å². The lowest BCUT2D eigenvalue weighted by Crippen LogP contribution is -2.22. The third kappa shape index (κ3) is 7.08. The van der Waals surface area contributed by atoms with Crippen molar-refractivity contribution >= 4 is 8.07 Å². The van der Waals surface area contributed by atoms with Crippen LogP contribution in [0.1, 0.15) is 43.1 Å². The van der Waals surface area contributed by atoms with Crippen LogP contribution >= 0.6 is 0 Å². The van der Waals surface area contributed by atoms with Crippen molar-refractivity contribution < 1.29 is 14.6 Å². The topological polar surface area (TPSA) is 64.5 Å². The summed E-state index contributed by atoms with van der Waals surface area (Å²) in [4.78, 5) is 9.01. The summed E-state index contributed by atoms with van der Waals surface area (Å²) in [6, 6.07) is 3.05. The summed E-state index contributed by atoms with van der Waals surface area (Å²) in [6.07, 6.45) is 5.28. The molecule has 1 aromatic heterocycles. The average Bonchev–Trinajstić information content (AvgIpc) is 2.51. The molecule has 1 aliphatic rings. The Bertz CT molecular complexity index is 471. The first-order valence-corrected chi connectivity index (χ1v) is 12.3. The van der Waals surface area contributed by atoms with Gasteiger partial charge in [-0.3, -0.25) is 0 Å². The molecule has 5 nitrogen and oxygen atoms in total. The standard InChI is InChI=1S/C17H30N2O3Si/c1-23(2,3)11-10-21-13-22-12-15-8-9-18-17(19-15)14-4-6-16(20)7-5-14/h8-9,14,16,20H,4-7,10-13H2,1-3H3/t14-,16-. The van der Waals surface area contributed by atoms with Gasteiger partial charge < -0.3 is 14.6 Å². The van der Waals surface area contributed by atoms with Gasteiger partial charge in [-0.2, -0.15) is 0 Å². The fourth-order valence-corrected chi connectivity index (χ4v) is 3.42. The van der Waals surface area contributed by atoms with Crippen molar-refractivity contribution in [2.75, 3.05) is 13.4 Å². The lowest BCUT2D eigenvalue weighted by Gasteiger charge is -2.24. The highest BCUT2D eigenvalue weighted by Crippen LogP contribution is 2.30. The van der Waals surface area contributed by atoms with Gasteiger partial charge in [0.05, 0.1) is 18.4 Å². The van der Waals surface area contributed by atoms with E-state index in [1.807, 2.05) is 6.07 Å². The summed E-state index contributed by atoms with van der Waals surface area (Å²) < 4.78 is 11.1. The summed E-state index contributed by atoms with van der Waals surface area (Å²) in [5.74, 6) is 1.25. The molecule has 1 saturated carbocycles. The zero-order valence-electron chi connectivity index (χ0n) is 14.6. The van der Waals surface area contributed by atoms with Crippen molar-refractivity contribution in [1.29, 1.82) is 0 Å². The molecule has 23 heavy (non-hydrogen) atoms. The Morgan fingerprint density at radius 2 is 1.91 bits per heavy atom. The third-order valence-electron chi connectivity index (χ3n) is 4.21. The Hall–Kier alpha value is -0.823. The van der Waals surface area contributed by atoms with Gasteiger partial charge in [0, 0.05) is 26.8 Å². The quantitative estimate of drug-likeness (QED) is 0.447. The maximum Gasteiger partial charge on any atom is 0.147 e. The first-order chi connectivity index (χ1) is 10.9. The molecule has 0 aromatic carbocycles. The van der Waals surface area contributed by atoms with Crippen LogP contribution in [0.2, 0.25) is 25.7 Å². The number of hydrogen-bond donors (Lipinski definition) is 1. The summed E-state index contributed by atoms with van der Waals surface area (Å²) >= 11 is 0. The molecule has 6 heteroatoms. The summed E-state index contributed by atoms with van der Waals surface area (Å²) in [6.45, 7) is 8.56. The minimum absolute atomic E-state index is 0.147. The number of ether oxygens (including phenoxy) is 2. The highest BCUT2D eigenvalue weighted by molar-refractivity contribution is 6.76. The predicted molar refractivity (Wildman–Crippen MR) is 93.0 cm³/mol. The van der Waals surface area contributed by atoms with Crippen molar-refractivity contribution in [3.8, 4) is 0 Å². The van der Waals surface area contributed by atoms with Gasteiger partial charge in [-0.1, -0.05) is 19.6 Å². The Morgan fingerprint density at radius 3 is 2.61 bits per heavy atom. The normalized spacial score (nSPS) is 22.3. The molecule has 0 unspecified atom stereocenters. The molecule has 0 aliphatic heterocycles. The van der Waals surface area contributed by atoms with Gasteiger partial charge in [0.2, 0.25) is 0 Å². The van der Waals surface area contributed by atoms with Crippen molar-refractivity contribution in [3.05, 3.63) is 23.8 Å². The maximum absolute atomic E-state index is 9.59. The van der Waals surface area contributed by atoms with E-state index in [-0.39, 0.29) is 6.10 Å². The van der Waals surface area contributed by atoms with Gasteiger partial charge in [-0.05, 0) is 37.8 Å². The number of aliphatic hydroxyl groups excluding tert-OH is 1. The molecule has 130 valence electrons. The highest BCUT2D eigenvalue weighted by Gasteiger charge is 2.22. The van der Waals surface area contributed by atoms with Gasteiger partial charge in [0.15, 0.2) is 0 Å². The molecule has 1 aromatic rings. The molecule has 0 atom stereocenters. The number of hydrogen-bond acceptors (Lipinski definition) is 5. The third-order valence-corrected chi connectivity index (χ3v) is 5.91. The van der Waals surface area contributed by atoms with Crippen molar-refractivity contribution in [2.24, 2.45) is 0 Å². The molecule has 0 amide bonds. The first kappa shape index (κ1) is 18.5. The zero-order valence-corrected chi connectivity index (χ0v) is 15.6. The van der Waals surface area contributed by atoms with Crippen LogP contribution in [-0.2, 0) is 16.1 Å². The van der Waals surface area contributed by atoms with E-state index in [9.17, 15) is 5.11 Å². The van der Waals surface area contributed by atoms with Crippen molar-refractivity contribution in [1.82, 2.24) is 9.97 Å². The van der Waals surface area contributed by atoms with E-state index in [4.69, 9.17) is 9.47 Å². The zero-order chi connectivity index (χ0) is 16.7. The Kier molecular flexibility index (Phi) is 7.14. The molecule has 1 N–H and O–H groups in total. The fourth-order valence-electron chi connectivity index (χ4n) is 2.67. The minimum Gasteiger partial charge on any atom is -0.393 e. The van der Waals surface area contributed by atoms with E-state index in [1.54, 1.807) is 6.20 Å². The molecular formula is C17H30N2O3Si. The van der Waals surface area contributed by atoms with Crippen LogP contribution in [0, 0.1) is 0 Å². The van der Waals surface area contributed by atoms with Crippen LogP contribution in [0.15, 0.2) is 12.3 Å². The molecule has 0 radical (unpaired) electrons. The highest BCUT2D eigenvalue weighted by atomic mass is 28.3. The SMILES string of the molecule is C[Si](C)(C)CCOCOCc1ccnc([C@H]2CC[C@H](O)CC2)n1. The van der Waals surface area contributed by atoms with E-state index < -0.39 is 8.07 Å². The van der Waals surface area contributed by atoms with Crippen molar-refractivity contribution in [3.63, 3.8) is 0 Å². The number of aliphatic hydroxyl groups is 1. The Balaban J connectivity index is 1.71. The van der Waals surface area contributed by atoms with E-state index in [2.05, 4.69) is 29.6 Å². The Morgan fingerprint density at radius 1 is 1.17 bits per heavy atom. The minimum atomic E-state index is -1.03. The lowest BCUT2D eigenvalue weighted by molar-refractivity contribution is -0.0583. The Labute approximate surface area is 140 Å². The molecule has 0 spiro atoms. The van der Waals surface area contributed by atoms with E-state index in [0.29, 0.717) is 19.3 Å². The van der Waals surface area contributed by atoms with Crippen LogP contribution in [0.5, 0.6) is 0 Å². The first-order valence-electron chi connectivity index (χ1n) is 8.59. The molecular weight excluding hydrogens is 308 g/mol.